The number of ether oxygens (including phenoxy) is 2. The van der Waals surface area contributed by atoms with E-state index in [-0.39, 0.29) is 12.5 Å². The second-order valence-corrected chi connectivity index (χ2v) is 5.48. The molecule has 2 rings (SSSR count). The molecule has 1 N–H and O–H groups in total. The van der Waals surface area contributed by atoms with Gasteiger partial charge in [-0.25, -0.2) is 0 Å². The molecule has 0 saturated carbocycles. The molecule has 0 bridgehead atoms. The molecule has 0 aromatic heterocycles. The van der Waals surface area contributed by atoms with Crippen LogP contribution in [0.15, 0.2) is 48.5 Å². The number of hydrogen-bond acceptors (Lipinski definition) is 4. The molecule has 0 saturated heterocycles. The molecule has 0 aliphatic carbocycles. The maximum absolute atomic E-state index is 12.0. The number of hydrogen-bond donors (Lipinski definition) is 1. The third kappa shape index (κ3) is 4.73. The van der Waals surface area contributed by atoms with Crippen molar-refractivity contribution in [3.05, 3.63) is 64.7 Å². The molecule has 6 heteroatoms. The highest BCUT2D eigenvalue weighted by molar-refractivity contribution is 6.31. The summed E-state index contributed by atoms with van der Waals surface area (Å²) in [7, 11) is 1.52. The summed E-state index contributed by atoms with van der Waals surface area (Å²) in [6.45, 7) is 1.49. The van der Waals surface area contributed by atoms with Crippen molar-refractivity contribution in [3.8, 4) is 5.75 Å². The lowest BCUT2D eigenvalue weighted by atomic mass is 10.1. The molecule has 0 fully saturated rings. The van der Waals surface area contributed by atoms with Gasteiger partial charge in [-0.15, -0.1) is 0 Å². The van der Waals surface area contributed by atoms with E-state index < -0.39 is 12.1 Å². The summed E-state index contributed by atoms with van der Waals surface area (Å²) in [4.78, 5) is 23.9. The van der Waals surface area contributed by atoms with Crippen LogP contribution >= 0.6 is 11.6 Å². The van der Waals surface area contributed by atoms with E-state index in [1.165, 1.54) is 7.11 Å². The summed E-state index contributed by atoms with van der Waals surface area (Å²) in [6.07, 6.45) is -0.500. The number of nitrogens with one attached hydrogen (secondary N) is 1. The van der Waals surface area contributed by atoms with E-state index in [1.54, 1.807) is 49.4 Å². The quantitative estimate of drug-likeness (QED) is 0.813. The van der Waals surface area contributed by atoms with Gasteiger partial charge in [0, 0.05) is 16.1 Å². The first-order valence-corrected chi connectivity index (χ1v) is 7.75. The van der Waals surface area contributed by atoms with Crippen LogP contribution < -0.4 is 10.1 Å². The lowest BCUT2D eigenvalue weighted by molar-refractivity contribution is -0.147. The third-order valence-electron chi connectivity index (χ3n) is 3.38. The molecule has 1 atom stereocenters. The van der Waals surface area contributed by atoms with Gasteiger partial charge in [-0.05, 0) is 31.2 Å². The van der Waals surface area contributed by atoms with Gasteiger partial charge in [0.1, 0.15) is 18.4 Å². The Balaban J connectivity index is 1.88. The van der Waals surface area contributed by atoms with Crippen molar-refractivity contribution in [2.24, 2.45) is 0 Å². The molecule has 0 unspecified atom stereocenters. The summed E-state index contributed by atoms with van der Waals surface area (Å²) in [5, 5.41) is 3.05. The Morgan fingerprint density at radius 1 is 1.17 bits per heavy atom. The smallest absolute Gasteiger partial charge is 0.326 e. The number of amides is 1. The Hall–Kier alpha value is -2.53. The topological polar surface area (TPSA) is 64.6 Å². The van der Waals surface area contributed by atoms with E-state index in [2.05, 4.69) is 5.32 Å². The third-order valence-corrected chi connectivity index (χ3v) is 3.72. The average molecular weight is 348 g/mol. The van der Waals surface area contributed by atoms with Gasteiger partial charge in [0.15, 0.2) is 0 Å². The van der Waals surface area contributed by atoms with Gasteiger partial charge in [0.05, 0.1) is 7.11 Å². The number of carbonyl (C=O) groups excluding carboxylic acids is 2. The molecule has 1 amide bonds. The highest BCUT2D eigenvalue weighted by atomic mass is 35.5. The monoisotopic (exact) mass is 347 g/mol. The van der Waals surface area contributed by atoms with E-state index in [0.29, 0.717) is 21.9 Å². The Labute approximate surface area is 145 Å². The van der Waals surface area contributed by atoms with Crippen LogP contribution in [0.4, 0.5) is 0 Å². The number of methoxy groups -OCH3 is 1. The maximum atomic E-state index is 12.0. The van der Waals surface area contributed by atoms with Gasteiger partial charge in [-0.2, -0.15) is 0 Å². The van der Waals surface area contributed by atoms with Gasteiger partial charge >= 0.3 is 5.97 Å². The zero-order valence-electron chi connectivity index (χ0n) is 13.4. The zero-order valence-corrected chi connectivity index (χ0v) is 14.2. The summed E-state index contributed by atoms with van der Waals surface area (Å²) in [6, 6.07) is 13.8. The molecule has 24 heavy (non-hydrogen) atoms. The molecule has 126 valence electrons. The summed E-state index contributed by atoms with van der Waals surface area (Å²) >= 11 is 6.07. The normalized spacial score (nSPS) is 11.5. The summed E-state index contributed by atoms with van der Waals surface area (Å²) in [5.74, 6) is -0.354. The predicted octanol–water partition coefficient (Wildman–Crippen LogP) is 3.38. The van der Waals surface area contributed by atoms with Crippen molar-refractivity contribution in [2.75, 3.05) is 13.7 Å². The molecule has 0 spiro atoms. The molecule has 0 radical (unpaired) electrons. The maximum Gasteiger partial charge on any atom is 0.326 e. The largest absolute Gasteiger partial charge is 0.497 e. The zero-order chi connectivity index (χ0) is 17.5. The molecular weight excluding hydrogens is 330 g/mol. The number of carbonyl (C=O) groups is 2. The van der Waals surface area contributed by atoms with E-state index in [1.807, 2.05) is 6.07 Å². The van der Waals surface area contributed by atoms with Crippen molar-refractivity contribution in [2.45, 2.75) is 13.0 Å². The van der Waals surface area contributed by atoms with Crippen LogP contribution in [0, 0.1) is 0 Å². The lowest BCUT2D eigenvalue weighted by Crippen LogP contribution is -2.31. The summed E-state index contributed by atoms with van der Waals surface area (Å²) in [5.41, 5.74) is 1.12. The molecule has 0 aliphatic heterocycles. The van der Waals surface area contributed by atoms with Crippen LogP contribution in [-0.4, -0.2) is 25.5 Å². The Bertz CT molecular complexity index is 732. The van der Waals surface area contributed by atoms with Crippen LogP contribution in [0.2, 0.25) is 5.02 Å². The predicted molar refractivity (Wildman–Crippen MR) is 91.3 cm³/mol. The minimum absolute atomic E-state index is 0.231. The first kappa shape index (κ1) is 17.8. The number of rotatable bonds is 6. The minimum Gasteiger partial charge on any atom is -0.497 e. The van der Waals surface area contributed by atoms with E-state index in [4.69, 9.17) is 21.1 Å². The van der Waals surface area contributed by atoms with Crippen molar-refractivity contribution in [3.63, 3.8) is 0 Å². The van der Waals surface area contributed by atoms with E-state index in [0.717, 1.165) is 0 Å². The van der Waals surface area contributed by atoms with Crippen LogP contribution in [0.3, 0.4) is 0 Å². The van der Waals surface area contributed by atoms with Gasteiger partial charge in [0.2, 0.25) is 0 Å². The molecule has 0 heterocycles. The van der Waals surface area contributed by atoms with Gasteiger partial charge in [-0.3, -0.25) is 9.59 Å². The van der Waals surface area contributed by atoms with Crippen molar-refractivity contribution < 1.29 is 19.1 Å². The highest BCUT2D eigenvalue weighted by Gasteiger charge is 2.15. The number of halogens is 1. The molecule has 2 aromatic carbocycles. The second kappa shape index (κ2) is 8.36. The Morgan fingerprint density at radius 3 is 2.62 bits per heavy atom. The van der Waals surface area contributed by atoms with E-state index in [9.17, 15) is 9.59 Å². The van der Waals surface area contributed by atoms with Crippen LogP contribution in [0.5, 0.6) is 5.75 Å². The Kier molecular flexibility index (Phi) is 6.21. The molecule has 0 aliphatic rings. The molecular formula is C18H18ClNO4. The molecule has 2 aromatic rings. The van der Waals surface area contributed by atoms with Crippen molar-refractivity contribution >= 4 is 23.5 Å². The fourth-order valence-corrected chi connectivity index (χ4v) is 2.42. The Morgan fingerprint density at radius 2 is 1.92 bits per heavy atom. The minimum atomic E-state index is -0.543. The van der Waals surface area contributed by atoms with Crippen molar-refractivity contribution in [1.29, 1.82) is 0 Å². The first-order valence-electron chi connectivity index (χ1n) is 7.37. The SMILES string of the molecule is COc1cccc(C(=O)NCC(=O)O[C@H](C)c2ccccc2Cl)c1. The van der Waals surface area contributed by atoms with Crippen molar-refractivity contribution in [1.82, 2.24) is 5.32 Å². The van der Waals surface area contributed by atoms with Crippen LogP contribution in [0.25, 0.3) is 0 Å². The lowest BCUT2D eigenvalue weighted by Gasteiger charge is -2.15. The molecule has 5 nitrogen and oxygen atoms in total. The van der Waals surface area contributed by atoms with E-state index >= 15 is 0 Å². The standard InChI is InChI=1S/C18H18ClNO4/c1-12(15-8-3-4-9-16(15)19)24-17(21)11-20-18(22)13-6-5-7-14(10-13)23-2/h3-10,12H,11H2,1-2H3,(H,20,22)/t12-/m1/s1. The average Bonchev–Trinajstić information content (AvgIpc) is 2.60. The van der Waals surface area contributed by atoms with Crippen LogP contribution in [-0.2, 0) is 9.53 Å². The first-order chi connectivity index (χ1) is 11.5. The number of benzene rings is 2. The van der Waals surface area contributed by atoms with Gasteiger partial charge in [-0.1, -0.05) is 35.9 Å². The highest BCUT2D eigenvalue weighted by Crippen LogP contribution is 2.24. The van der Waals surface area contributed by atoms with Crippen LogP contribution in [0.1, 0.15) is 28.9 Å². The van der Waals surface area contributed by atoms with Gasteiger partial charge in [0.25, 0.3) is 5.91 Å². The second-order valence-electron chi connectivity index (χ2n) is 5.07. The number of esters is 1. The fourth-order valence-electron chi connectivity index (χ4n) is 2.13. The summed E-state index contributed by atoms with van der Waals surface area (Å²) < 4.78 is 10.3. The fraction of sp³-hybridized carbons (Fsp3) is 0.222. The van der Waals surface area contributed by atoms with Gasteiger partial charge < -0.3 is 14.8 Å².